The van der Waals surface area contributed by atoms with Gasteiger partial charge in [0.15, 0.2) is 6.29 Å². The molecule has 1 heterocycles. The van der Waals surface area contributed by atoms with Crippen LogP contribution in [-0.2, 0) is 4.79 Å². The monoisotopic (exact) mass is 203 g/mol. The van der Waals surface area contributed by atoms with Gasteiger partial charge in [0.1, 0.15) is 5.82 Å². The standard InChI is InChI=1S/C11H13N3O/c1-14(8-4-5-10(12)9-15)11-6-2-3-7-13-11/h2-9H,12H2,1H3/b8-4-,10-5+. The highest BCUT2D eigenvalue weighted by Gasteiger charge is 1.94. The normalized spacial score (nSPS) is 11.7. The molecule has 0 bridgehead atoms. The topological polar surface area (TPSA) is 59.2 Å². The molecule has 1 aromatic heterocycles. The summed E-state index contributed by atoms with van der Waals surface area (Å²) in [5, 5.41) is 0. The summed E-state index contributed by atoms with van der Waals surface area (Å²) >= 11 is 0. The van der Waals surface area contributed by atoms with Crippen molar-refractivity contribution in [2.45, 2.75) is 0 Å². The lowest BCUT2D eigenvalue weighted by molar-refractivity contribution is -0.104. The second-order valence-electron chi connectivity index (χ2n) is 2.92. The molecule has 1 rings (SSSR count). The number of hydrogen-bond acceptors (Lipinski definition) is 4. The molecular weight excluding hydrogens is 190 g/mol. The minimum atomic E-state index is 0.195. The summed E-state index contributed by atoms with van der Waals surface area (Å²) in [6.45, 7) is 0. The number of aromatic nitrogens is 1. The predicted molar refractivity (Wildman–Crippen MR) is 60.1 cm³/mol. The van der Waals surface area contributed by atoms with Crippen LogP contribution in [0.4, 0.5) is 5.82 Å². The van der Waals surface area contributed by atoms with Crippen LogP contribution in [0.5, 0.6) is 0 Å². The number of carbonyl (C=O) groups is 1. The fraction of sp³-hybridized carbons (Fsp3) is 0.0909. The second kappa shape index (κ2) is 5.59. The fourth-order valence-electron chi connectivity index (χ4n) is 0.961. The zero-order valence-electron chi connectivity index (χ0n) is 8.50. The minimum absolute atomic E-state index is 0.195. The van der Waals surface area contributed by atoms with E-state index >= 15 is 0 Å². The molecule has 0 aliphatic carbocycles. The third kappa shape index (κ3) is 3.64. The maximum atomic E-state index is 10.2. The molecule has 78 valence electrons. The van der Waals surface area contributed by atoms with Gasteiger partial charge in [-0.25, -0.2) is 4.98 Å². The molecule has 0 amide bonds. The molecule has 0 atom stereocenters. The maximum Gasteiger partial charge on any atom is 0.165 e. The Kier molecular flexibility index (Phi) is 4.09. The first kappa shape index (κ1) is 11.0. The van der Waals surface area contributed by atoms with E-state index < -0.39 is 0 Å². The third-order valence-electron chi connectivity index (χ3n) is 1.75. The van der Waals surface area contributed by atoms with Gasteiger partial charge in [-0.1, -0.05) is 6.07 Å². The molecule has 0 fully saturated rings. The summed E-state index contributed by atoms with van der Waals surface area (Å²) in [6.07, 6.45) is 7.32. The minimum Gasteiger partial charge on any atom is -0.396 e. The van der Waals surface area contributed by atoms with Gasteiger partial charge >= 0.3 is 0 Å². The summed E-state index contributed by atoms with van der Waals surface area (Å²) in [4.78, 5) is 16.2. The molecule has 1 aromatic rings. The van der Waals surface area contributed by atoms with E-state index in [-0.39, 0.29) is 5.70 Å². The number of pyridine rings is 1. The lowest BCUT2D eigenvalue weighted by atomic mass is 10.4. The average Bonchev–Trinajstić information content (AvgIpc) is 2.29. The first-order valence-electron chi connectivity index (χ1n) is 4.47. The van der Waals surface area contributed by atoms with Gasteiger partial charge in [-0.3, -0.25) is 4.79 Å². The van der Waals surface area contributed by atoms with E-state index in [0.717, 1.165) is 5.82 Å². The van der Waals surface area contributed by atoms with Gasteiger partial charge in [-0.15, -0.1) is 0 Å². The summed E-state index contributed by atoms with van der Waals surface area (Å²) in [6, 6.07) is 5.64. The molecule has 0 aliphatic rings. The number of rotatable bonds is 4. The zero-order chi connectivity index (χ0) is 11.1. The van der Waals surface area contributed by atoms with E-state index in [1.165, 1.54) is 6.08 Å². The lowest BCUT2D eigenvalue weighted by Gasteiger charge is -2.11. The van der Waals surface area contributed by atoms with Gasteiger partial charge in [-0.05, 0) is 24.3 Å². The Bertz CT molecular complexity index is 371. The van der Waals surface area contributed by atoms with Crippen LogP contribution >= 0.6 is 0 Å². The Morgan fingerprint density at radius 1 is 1.53 bits per heavy atom. The van der Waals surface area contributed by atoms with Crippen LogP contribution in [0, 0.1) is 0 Å². The molecule has 4 heteroatoms. The molecule has 0 saturated carbocycles. The van der Waals surface area contributed by atoms with E-state index in [9.17, 15) is 4.79 Å². The Labute approximate surface area is 88.7 Å². The van der Waals surface area contributed by atoms with E-state index in [4.69, 9.17) is 5.73 Å². The van der Waals surface area contributed by atoms with Crippen molar-refractivity contribution >= 4 is 12.1 Å². The molecule has 0 spiro atoms. The van der Waals surface area contributed by atoms with E-state index in [1.807, 2.05) is 30.1 Å². The highest BCUT2D eigenvalue weighted by molar-refractivity contribution is 5.72. The highest BCUT2D eigenvalue weighted by atomic mass is 16.1. The summed E-state index contributed by atoms with van der Waals surface area (Å²) in [5.41, 5.74) is 5.50. The van der Waals surface area contributed by atoms with Crippen molar-refractivity contribution in [1.82, 2.24) is 4.98 Å². The van der Waals surface area contributed by atoms with Crippen molar-refractivity contribution in [3.8, 4) is 0 Å². The summed E-state index contributed by atoms with van der Waals surface area (Å²) in [7, 11) is 1.86. The Morgan fingerprint density at radius 2 is 2.33 bits per heavy atom. The lowest BCUT2D eigenvalue weighted by Crippen LogP contribution is -2.09. The van der Waals surface area contributed by atoms with Crippen LogP contribution in [-0.4, -0.2) is 18.3 Å². The molecule has 0 saturated heterocycles. The van der Waals surface area contributed by atoms with Gasteiger partial charge in [0, 0.05) is 19.4 Å². The largest absolute Gasteiger partial charge is 0.396 e. The van der Waals surface area contributed by atoms with Crippen LogP contribution in [0.25, 0.3) is 0 Å². The SMILES string of the molecule is CN(/C=C\C=C(\N)C=O)c1ccccn1. The van der Waals surface area contributed by atoms with E-state index in [1.54, 1.807) is 18.5 Å². The number of nitrogens with zero attached hydrogens (tertiary/aromatic N) is 2. The first-order chi connectivity index (χ1) is 7.24. The number of aldehydes is 1. The number of allylic oxidation sites excluding steroid dienone is 3. The molecule has 15 heavy (non-hydrogen) atoms. The van der Waals surface area contributed by atoms with Crippen molar-refractivity contribution in [1.29, 1.82) is 0 Å². The van der Waals surface area contributed by atoms with Crippen molar-refractivity contribution in [3.63, 3.8) is 0 Å². The fourth-order valence-corrected chi connectivity index (χ4v) is 0.961. The predicted octanol–water partition coefficient (Wildman–Crippen LogP) is 1.07. The van der Waals surface area contributed by atoms with Crippen LogP contribution in [0.15, 0.2) is 48.4 Å². The second-order valence-corrected chi connectivity index (χ2v) is 2.92. The van der Waals surface area contributed by atoms with Crippen LogP contribution in [0.1, 0.15) is 0 Å². The van der Waals surface area contributed by atoms with Gasteiger partial charge < -0.3 is 10.6 Å². The van der Waals surface area contributed by atoms with Crippen molar-refractivity contribution in [2.24, 2.45) is 5.73 Å². The van der Waals surface area contributed by atoms with Crippen LogP contribution in [0.2, 0.25) is 0 Å². The molecular formula is C11H13N3O. The number of anilines is 1. The Hall–Kier alpha value is -2.10. The molecule has 0 aromatic carbocycles. The van der Waals surface area contributed by atoms with Crippen LogP contribution < -0.4 is 10.6 Å². The average molecular weight is 203 g/mol. The van der Waals surface area contributed by atoms with E-state index in [0.29, 0.717) is 6.29 Å². The Balaban J connectivity index is 2.64. The third-order valence-corrected chi connectivity index (χ3v) is 1.75. The van der Waals surface area contributed by atoms with Gasteiger partial charge in [-0.2, -0.15) is 0 Å². The summed E-state index contributed by atoms with van der Waals surface area (Å²) in [5.74, 6) is 0.826. The van der Waals surface area contributed by atoms with Gasteiger partial charge in [0.25, 0.3) is 0 Å². The van der Waals surface area contributed by atoms with Crippen molar-refractivity contribution in [3.05, 3.63) is 48.4 Å². The van der Waals surface area contributed by atoms with Crippen molar-refractivity contribution in [2.75, 3.05) is 11.9 Å². The number of nitrogens with two attached hydrogens (primary N) is 1. The van der Waals surface area contributed by atoms with Gasteiger partial charge in [0.05, 0.1) is 5.70 Å². The van der Waals surface area contributed by atoms with E-state index in [2.05, 4.69) is 4.98 Å². The van der Waals surface area contributed by atoms with Gasteiger partial charge in [0.2, 0.25) is 0 Å². The maximum absolute atomic E-state index is 10.2. The smallest absolute Gasteiger partial charge is 0.165 e. The van der Waals surface area contributed by atoms with Crippen LogP contribution in [0.3, 0.4) is 0 Å². The first-order valence-corrected chi connectivity index (χ1v) is 4.47. The molecule has 4 nitrogen and oxygen atoms in total. The number of hydrogen-bond donors (Lipinski definition) is 1. The molecule has 0 aliphatic heterocycles. The Morgan fingerprint density at radius 3 is 2.93 bits per heavy atom. The zero-order valence-corrected chi connectivity index (χ0v) is 8.50. The molecule has 0 unspecified atom stereocenters. The summed E-state index contributed by atoms with van der Waals surface area (Å²) < 4.78 is 0. The molecule has 0 radical (unpaired) electrons. The highest BCUT2D eigenvalue weighted by Crippen LogP contribution is 2.06. The number of carbonyl (C=O) groups excluding carboxylic acids is 1. The molecule has 2 N–H and O–H groups in total. The van der Waals surface area contributed by atoms with Crippen molar-refractivity contribution < 1.29 is 4.79 Å². The quantitative estimate of drug-likeness (QED) is 0.452.